The molecule has 0 saturated heterocycles. The summed E-state index contributed by atoms with van der Waals surface area (Å²) < 4.78 is 3.20. The third-order valence-electron chi connectivity index (χ3n) is 4.73. The van der Waals surface area contributed by atoms with E-state index in [1.807, 2.05) is 59.2 Å². The molecule has 4 rings (SSSR count). The largest absolute Gasteiger partial charge is 0.481 e. The molecule has 30 heavy (non-hydrogen) atoms. The number of nitrogens with zero attached hydrogens (tertiary/aromatic N) is 4. The van der Waals surface area contributed by atoms with Gasteiger partial charge in [0, 0.05) is 30.9 Å². The Morgan fingerprint density at radius 2 is 1.77 bits per heavy atom. The van der Waals surface area contributed by atoms with Crippen LogP contribution in [0.5, 0.6) is 0 Å². The van der Waals surface area contributed by atoms with Crippen LogP contribution in [0.1, 0.15) is 6.42 Å². The number of hydrogen-bond acceptors (Lipinski definition) is 5. The van der Waals surface area contributed by atoms with Gasteiger partial charge in [-0.2, -0.15) is 10.2 Å². The number of carboxylic acids is 1. The molecule has 0 amide bonds. The predicted molar refractivity (Wildman–Crippen MR) is 113 cm³/mol. The second kappa shape index (κ2) is 8.71. The number of carbonyl (C=O) groups is 1. The van der Waals surface area contributed by atoms with Crippen molar-refractivity contribution in [2.45, 2.75) is 13.0 Å². The van der Waals surface area contributed by atoms with Crippen LogP contribution >= 0.6 is 0 Å². The zero-order chi connectivity index (χ0) is 20.9. The molecule has 0 unspecified atom stereocenters. The number of pyridine rings is 1. The number of fused-ring (bicyclic) bond motifs is 1. The Bertz CT molecular complexity index is 1230. The molecule has 0 fully saturated rings. The summed E-state index contributed by atoms with van der Waals surface area (Å²) in [6, 6.07) is 18.9. The van der Waals surface area contributed by atoms with Gasteiger partial charge in [0.2, 0.25) is 0 Å². The van der Waals surface area contributed by atoms with Crippen LogP contribution in [0.15, 0.2) is 71.7 Å². The first-order valence-electron chi connectivity index (χ1n) is 9.67. The fraction of sp³-hybridized carbons (Fsp3) is 0.182. The van der Waals surface area contributed by atoms with Crippen LogP contribution in [0.3, 0.4) is 0 Å². The average molecular weight is 403 g/mol. The molecule has 0 aliphatic carbocycles. The number of benzene rings is 1. The van der Waals surface area contributed by atoms with Crippen molar-refractivity contribution >= 4 is 11.5 Å². The third-order valence-corrected chi connectivity index (χ3v) is 4.73. The van der Waals surface area contributed by atoms with E-state index in [0.717, 1.165) is 22.3 Å². The summed E-state index contributed by atoms with van der Waals surface area (Å²) in [5.41, 5.74) is 3.95. The predicted octanol–water partition coefficient (Wildman–Crippen LogP) is 2.29. The lowest BCUT2D eigenvalue weighted by atomic mass is 10.0. The second-order valence-electron chi connectivity index (χ2n) is 6.79. The molecule has 4 aromatic rings. The van der Waals surface area contributed by atoms with E-state index in [-0.39, 0.29) is 12.0 Å². The first-order chi connectivity index (χ1) is 14.6. The number of aromatic nitrogens is 4. The molecule has 3 heterocycles. The monoisotopic (exact) mass is 403 g/mol. The molecular formula is C22H21N5O3. The smallest absolute Gasteiger partial charge is 0.304 e. The van der Waals surface area contributed by atoms with E-state index in [0.29, 0.717) is 25.3 Å². The maximum Gasteiger partial charge on any atom is 0.304 e. The van der Waals surface area contributed by atoms with Gasteiger partial charge >= 0.3 is 5.97 Å². The molecule has 1 aromatic carbocycles. The minimum Gasteiger partial charge on any atom is -0.481 e. The van der Waals surface area contributed by atoms with Crippen LogP contribution < -0.4 is 10.9 Å². The minimum atomic E-state index is -0.860. The zero-order valence-corrected chi connectivity index (χ0v) is 16.2. The fourth-order valence-corrected chi connectivity index (χ4v) is 3.30. The molecule has 0 atom stereocenters. The maximum atomic E-state index is 12.3. The summed E-state index contributed by atoms with van der Waals surface area (Å²) in [6.45, 7) is 1.13. The van der Waals surface area contributed by atoms with Gasteiger partial charge in [0.05, 0.1) is 29.7 Å². The quantitative estimate of drug-likeness (QED) is 0.438. The Morgan fingerprint density at radius 1 is 0.967 bits per heavy atom. The van der Waals surface area contributed by atoms with E-state index in [1.54, 1.807) is 6.07 Å². The molecular weight excluding hydrogens is 382 g/mol. The van der Waals surface area contributed by atoms with Gasteiger partial charge in [-0.3, -0.25) is 9.59 Å². The van der Waals surface area contributed by atoms with E-state index in [1.165, 1.54) is 10.7 Å². The highest BCUT2D eigenvalue weighted by molar-refractivity contribution is 5.90. The zero-order valence-electron chi connectivity index (χ0n) is 16.2. The normalized spacial score (nSPS) is 11.1. The van der Waals surface area contributed by atoms with Crippen LogP contribution in [-0.2, 0) is 11.3 Å². The molecule has 3 aromatic heterocycles. The standard InChI is InChI=1S/C22H21N5O3/c28-19-10-9-17(24-27(19)15-13-23-12-11-20(29)30)21-18-8-4-5-14-26(18)25-22(21)16-6-2-1-3-7-16/h1-10,14,23H,11-13,15H2,(H,29,30). The molecule has 0 aliphatic heterocycles. The lowest BCUT2D eigenvalue weighted by Crippen LogP contribution is -2.29. The average Bonchev–Trinajstić information content (AvgIpc) is 3.15. The number of aliphatic carboxylic acids is 1. The number of hydrogen-bond donors (Lipinski definition) is 2. The van der Waals surface area contributed by atoms with Crippen LogP contribution in [-0.4, -0.2) is 43.6 Å². The Labute approximate surface area is 172 Å². The molecule has 0 saturated carbocycles. The summed E-state index contributed by atoms with van der Waals surface area (Å²) in [5.74, 6) is -0.860. The molecule has 0 bridgehead atoms. The SMILES string of the molecule is O=C(O)CCNCCn1nc(-c2c(-c3ccccc3)nn3ccccc23)ccc1=O. The Morgan fingerprint density at radius 3 is 2.57 bits per heavy atom. The summed E-state index contributed by atoms with van der Waals surface area (Å²) >= 11 is 0. The van der Waals surface area contributed by atoms with Crippen molar-refractivity contribution in [3.8, 4) is 22.5 Å². The second-order valence-corrected chi connectivity index (χ2v) is 6.79. The van der Waals surface area contributed by atoms with Gasteiger partial charge < -0.3 is 10.4 Å². The number of carboxylic acid groups (broad SMARTS) is 1. The highest BCUT2D eigenvalue weighted by Crippen LogP contribution is 2.33. The lowest BCUT2D eigenvalue weighted by Gasteiger charge is -2.09. The molecule has 8 heteroatoms. The molecule has 152 valence electrons. The number of nitrogens with one attached hydrogen (secondary N) is 1. The van der Waals surface area contributed by atoms with Gasteiger partial charge in [-0.1, -0.05) is 36.4 Å². The van der Waals surface area contributed by atoms with Gasteiger partial charge in [0.25, 0.3) is 5.56 Å². The van der Waals surface area contributed by atoms with Crippen molar-refractivity contribution in [2.75, 3.05) is 13.1 Å². The summed E-state index contributed by atoms with van der Waals surface area (Å²) in [7, 11) is 0. The van der Waals surface area contributed by atoms with E-state index in [9.17, 15) is 9.59 Å². The van der Waals surface area contributed by atoms with Gasteiger partial charge in [0.15, 0.2) is 0 Å². The summed E-state index contributed by atoms with van der Waals surface area (Å²) in [5, 5.41) is 21.0. The summed E-state index contributed by atoms with van der Waals surface area (Å²) in [6.07, 6.45) is 1.92. The van der Waals surface area contributed by atoms with Crippen LogP contribution in [0.4, 0.5) is 0 Å². The van der Waals surface area contributed by atoms with Gasteiger partial charge in [-0.25, -0.2) is 9.20 Å². The topological polar surface area (TPSA) is 102 Å². The molecule has 0 spiro atoms. The highest BCUT2D eigenvalue weighted by Gasteiger charge is 2.18. The Hall–Kier alpha value is -3.78. The van der Waals surface area contributed by atoms with Crippen molar-refractivity contribution in [2.24, 2.45) is 0 Å². The maximum absolute atomic E-state index is 12.3. The summed E-state index contributed by atoms with van der Waals surface area (Å²) in [4.78, 5) is 22.9. The molecule has 8 nitrogen and oxygen atoms in total. The van der Waals surface area contributed by atoms with Crippen LogP contribution in [0.2, 0.25) is 0 Å². The molecule has 2 N–H and O–H groups in total. The number of rotatable bonds is 8. The van der Waals surface area contributed by atoms with E-state index in [4.69, 9.17) is 10.2 Å². The van der Waals surface area contributed by atoms with Crippen molar-refractivity contribution in [3.05, 3.63) is 77.2 Å². The fourth-order valence-electron chi connectivity index (χ4n) is 3.30. The van der Waals surface area contributed by atoms with E-state index < -0.39 is 5.97 Å². The Kier molecular flexibility index (Phi) is 5.67. The molecule has 0 aliphatic rings. The van der Waals surface area contributed by atoms with Gasteiger partial charge in [-0.15, -0.1) is 0 Å². The van der Waals surface area contributed by atoms with Gasteiger partial charge in [0.1, 0.15) is 5.69 Å². The highest BCUT2D eigenvalue weighted by atomic mass is 16.4. The van der Waals surface area contributed by atoms with Crippen LogP contribution in [0, 0.1) is 0 Å². The van der Waals surface area contributed by atoms with E-state index in [2.05, 4.69) is 10.4 Å². The third kappa shape index (κ3) is 4.13. The van der Waals surface area contributed by atoms with Gasteiger partial charge in [-0.05, 0) is 18.2 Å². The first kappa shape index (κ1) is 19.5. The molecule has 0 radical (unpaired) electrons. The minimum absolute atomic E-state index is 0.0329. The van der Waals surface area contributed by atoms with Crippen molar-refractivity contribution in [1.82, 2.24) is 24.7 Å². The lowest BCUT2D eigenvalue weighted by molar-refractivity contribution is -0.136. The Balaban J connectivity index is 1.70. The van der Waals surface area contributed by atoms with E-state index >= 15 is 0 Å². The van der Waals surface area contributed by atoms with Crippen molar-refractivity contribution in [3.63, 3.8) is 0 Å². The first-order valence-corrected chi connectivity index (χ1v) is 9.67. The van der Waals surface area contributed by atoms with Crippen LogP contribution in [0.25, 0.3) is 28.0 Å². The van der Waals surface area contributed by atoms with Crippen molar-refractivity contribution in [1.29, 1.82) is 0 Å². The van der Waals surface area contributed by atoms with Crippen molar-refractivity contribution < 1.29 is 9.90 Å².